The molecule has 0 aromatic carbocycles. The lowest BCUT2D eigenvalue weighted by Gasteiger charge is -2.43. The minimum absolute atomic E-state index is 0.0781. The van der Waals surface area contributed by atoms with Crippen molar-refractivity contribution in [1.29, 1.82) is 0 Å². The van der Waals surface area contributed by atoms with E-state index in [0.29, 0.717) is 0 Å². The van der Waals surface area contributed by atoms with Gasteiger partial charge in [-0.2, -0.15) is 0 Å². The Hall–Kier alpha value is 1.07. The number of aliphatic hydroxyl groups excluding tert-OH is 4. The molecule has 2 aliphatic heterocycles. The molecule has 0 radical (unpaired) electrons. The van der Waals surface area contributed by atoms with Crippen LogP contribution >= 0.6 is 50.7 Å². The number of hydrogen-bond acceptors (Lipinski definition) is 7. The van der Waals surface area contributed by atoms with Gasteiger partial charge < -0.3 is 34.6 Å². The fourth-order valence-electron chi connectivity index (χ4n) is 2.53. The van der Waals surface area contributed by atoms with Crippen molar-refractivity contribution in [3.8, 4) is 0 Å². The lowest BCUT2D eigenvalue weighted by atomic mass is 10.0. The van der Waals surface area contributed by atoms with Gasteiger partial charge in [0.2, 0.25) is 5.79 Å². The summed E-state index contributed by atoms with van der Waals surface area (Å²) >= 11 is 20.8. The second-order valence-corrected chi connectivity index (χ2v) is 7.55. The molecule has 4 N–H and O–H groups in total. The molecule has 0 unspecified atom stereocenters. The van der Waals surface area contributed by atoms with Crippen LogP contribution in [0.1, 0.15) is 0 Å². The van der Waals surface area contributed by atoms with Crippen LogP contribution in [0.15, 0.2) is 0 Å². The molecule has 2 rings (SSSR count). The van der Waals surface area contributed by atoms with Crippen molar-refractivity contribution in [3.05, 3.63) is 0 Å². The zero-order valence-electron chi connectivity index (χ0n) is 11.8. The van der Waals surface area contributed by atoms with Crippen LogP contribution in [0.3, 0.4) is 0 Å². The lowest BCUT2D eigenvalue weighted by Crippen LogP contribution is -2.61. The number of halogens is 4. The van der Waals surface area contributed by atoms with Crippen LogP contribution in [-0.4, -0.2) is 91.6 Å². The quantitative estimate of drug-likeness (QED) is 0.419. The number of hydrogen-bond donors (Lipinski definition) is 4. The summed E-state index contributed by atoms with van der Waals surface area (Å²) in [5.74, 6) is -1.89. The van der Waals surface area contributed by atoms with Gasteiger partial charge in [-0.1, -0.05) is 15.9 Å². The molecule has 0 bridgehead atoms. The molecule has 136 valence electrons. The molecule has 2 heterocycles. The highest BCUT2D eigenvalue weighted by Crippen LogP contribution is 2.40. The highest BCUT2D eigenvalue weighted by Gasteiger charge is 2.57. The van der Waals surface area contributed by atoms with Gasteiger partial charge in [0.05, 0.1) is 28.8 Å². The van der Waals surface area contributed by atoms with Crippen molar-refractivity contribution in [2.75, 3.05) is 18.4 Å². The fraction of sp³-hybridized carbons (Fsp3) is 1.00. The monoisotopic (exact) mass is 458 g/mol. The molecule has 0 spiro atoms. The summed E-state index contributed by atoms with van der Waals surface area (Å²) in [4.78, 5) is -0.543. The van der Waals surface area contributed by atoms with Gasteiger partial charge >= 0.3 is 0 Å². The molecule has 0 aromatic heterocycles. The summed E-state index contributed by atoms with van der Waals surface area (Å²) in [7, 11) is 0. The third-order valence-corrected chi connectivity index (χ3v) is 6.22. The Bertz CT molecular complexity index is 407. The van der Waals surface area contributed by atoms with E-state index in [2.05, 4.69) is 15.9 Å². The zero-order chi connectivity index (χ0) is 17.4. The van der Waals surface area contributed by atoms with Crippen LogP contribution in [0.25, 0.3) is 0 Å². The maximum atomic E-state index is 10.4. The number of alkyl halides is 4. The number of aliphatic hydroxyl groups is 4. The van der Waals surface area contributed by atoms with Crippen molar-refractivity contribution in [1.82, 2.24) is 0 Å². The van der Waals surface area contributed by atoms with E-state index >= 15 is 0 Å². The largest absolute Gasteiger partial charge is 0.394 e. The molecule has 7 nitrogen and oxygen atoms in total. The van der Waals surface area contributed by atoms with Gasteiger partial charge in [0.25, 0.3) is 0 Å². The van der Waals surface area contributed by atoms with Crippen molar-refractivity contribution in [3.63, 3.8) is 0 Å². The van der Waals surface area contributed by atoms with Crippen LogP contribution in [0.5, 0.6) is 0 Å². The predicted octanol–water partition coefficient (Wildman–Crippen LogP) is -0.254. The maximum Gasteiger partial charge on any atom is 0.212 e. The van der Waals surface area contributed by atoms with E-state index < -0.39 is 59.4 Å². The van der Waals surface area contributed by atoms with Crippen LogP contribution in [0.4, 0.5) is 0 Å². The Morgan fingerprint density at radius 2 is 1.78 bits per heavy atom. The molecule has 0 aromatic rings. The Labute approximate surface area is 156 Å². The molecular formula is C12H18BrCl3O7. The standard InChI is InChI=1S/C12H18BrCl3O7/c13-6-4(1-14)22-12(3-15,10(6)20)23-11-9(19)8(18)7(16)5(2-17)21-11/h4-11,17-20H,1-3H2/t4-,5-,6-,7-,8+,9-,10+,11-,12+/m1/s1. The summed E-state index contributed by atoms with van der Waals surface area (Å²) in [6.45, 7) is -0.486. The average molecular weight is 461 g/mol. The van der Waals surface area contributed by atoms with Crippen molar-refractivity contribution < 1.29 is 34.6 Å². The second kappa shape index (κ2) is 8.18. The Kier molecular flexibility index (Phi) is 7.25. The lowest BCUT2D eigenvalue weighted by molar-refractivity contribution is -0.357. The Morgan fingerprint density at radius 1 is 1.13 bits per heavy atom. The first-order valence-corrected chi connectivity index (χ1v) is 9.29. The number of ether oxygens (including phenoxy) is 3. The normalized spacial score (nSPS) is 51.1. The molecule has 11 heteroatoms. The third kappa shape index (κ3) is 3.78. The van der Waals surface area contributed by atoms with E-state index in [-0.39, 0.29) is 11.8 Å². The van der Waals surface area contributed by atoms with Crippen LogP contribution in [0, 0.1) is 0 Å². The zero-order valence-corrected chi connectivity index (χ0v) is 15.6. The van der Waals surface area contributed by atoms with Gasteiger partial charge in [-0.3, -0.25) is 0 Å². The van der Waals surface area contributed by atoms with E-state index in [9.17, 15) is 20.4 Å². The summed E-state index contributed by atoms with van der Waals surface area (Å²) in [5, 5.41) is 38.6. The van der Waals surface area contributed by atoms with Gasteiger partial charge in [0.15, 0.2) is 6.29 Å². The average Bonchev–Trinajstić information content (AvgIpc) is 2.80. The van der Waals surface area contributed by atoms with Gasteiger partial charge in [0, 0.05) is 5.88 Å². The smallest absolute Gasteiger partial charge is 0.212 e. The van der Waals surface area contributed by atoms with Gasteiger partial charge in [-0.25, -0.2) is 0 Å². The minimum atomic E-state index is -1.69. The minimum Gasteiger partial charge on any atom is -0.394 e. The molecule has 9 atom stereocenters. The van der Waals surface area contributed by atoms with E-state index in [0.717, 1.165) is 0 Å². The highest BCUT2D eigenvalue weighted by atomic mass is 79.9. The molecule has 2 fully saturated rings. The van der Waals surface area contributed by atoms with Gasteiger partial charge in [-0.15, -0.1) is 34.8 Å². The maximum absolute atomic E-state index is 10.4. The molecular weight excluding hydrogens is 442 g/mol. The van der Waals surface area contributed by atoms with Crippen molar-refractivity contribution in [2.45, 2.75) is 52.8 Å². The Morgan fingerprint density at radius 3 is 2.26 bits per heavy atom. The number of rotatable bonds is 5. The first-order chi connectivity index (χ1) is 10.8. The summed E-state index contributed by atoms with van der Waals surface area (Å²) < 4.78 is 16.5. The third-order valence-electron chi connectivity index (χ3n) is 3.91. The topological polar surface area (TPSA) is 109 Å². The first kappa shape index (κ1) is 20.4. The van der Waals surface area contributed by atoms with Crippen LogP contribution < -0.4 is 0 Å². The second-order valence-electron chi connectivity index (χ2n) is 5.41. The van der Waals surface area contributed by atoms with E-state index in [4.69, 9.17) is 49.0 Å². The van der Waals surface area contributed by atoms with Crippen LogP contribution in [-0.2, 0) is 14.2 Å². The molecule has 0 saturated carbocycles. The molecule has 2 saturated heterocycles. The molecule has 23 heavy (non-hydrogen) atoms. The van der Waals surface area contributed by atoms with Gasteiger partial charge in [-0.05, 0) is 0 Å². The molecule has 0 aliphatic carbocycles. The van der Waals surface area contributed by atoms with Gasteiger partial charge in [0.1, 0.15) is 24.4 Å². The fourth-order valence-corrected chi connectivity index (χ4v) is 4.27. The van der Waals surface area contributed by atoms with E-state index in [1.165, 1.54) is 0 Å². The predicted molar refractivity (Wildman–Crippen MR) is 86.3 cm³/mol. The van der Waals surface area contributed by atoms with E-state index in [1.807, 2.05) is 0 Å². The van der Waals surface area contributed by atoms with E-state index in [1.54, 1.807) is 0 Å². The molecule has 0 amide bonds. The van der Waals surface area contributed by atoms with Crippen molar-refractivity contribution in [2.24, 2.45) is 0 Å². The first-order valence-electron chi connectivity index (χ1n) is 6.87. The highest BCUT2D eigenvalue weighted by molar-refractivity contribution is 9.09. The summed E-state index contributed by atoms with van der Waals surface area (Å²) in [6, 6.07) is 0. The SMILES string of the molecule is OC[C@H]1O[C@H](O[C@]2(CCl)O[C@H](CCl)[C@@H](Br)[C@@H]2O)[C@H](O)[C@@H](O)[C@@H]1Cl. The van der Waals surface area contributed by atoms with Crippen LogP contribution in [0.2, 0.25) is 0 Å². The Balaban J connectivity index is 2.18. The summed E-state index contributed by atoms with van der Waals surface area (Å²) in [5.41, 5.74) is 0. The van der Waals surface area contributed by atoms with Crippen molar-refractivity contribution >= 4 is 50.7 Å². The summed E-state index contributed by atoms with van der Waals surface area (Å²) in [6.07, 6.45) is -7.06. The molecule has 2 aliphatic rings.